The molecule has 0 radical (unpaired) electrons. The molecule has 1 aliphatic rings. The molecule has 0 aromatic heterocycles. The average molecular weight is 362 g/mol. The number of likely N-dealkylation sites (tertiary alicyclic amines) is 1. The van der Waals surface area contributed by atoms with E-state index in [1.165, 1.54) is 6.07 Å². The van der Waals surface area contributed by atoms with E-state index in [0.29, 0.717) is 18.7 Å². The van der Waals surface area contributed by atoms with Crippen LogP contribution in [0.3, 0.4) is 0 Å². The summed E-state index contributed by atoms with van der Waals surface area (Å²) in [6.07, 6.45) is 1.81. The Labute approximate surface area is 158 Å². The second-order valence-corrected chi connectivity index (χ2v) is 7.18. The van der Waals surface area contributed by atoms with E-state index in [0.717, 1.165) is 35.8 Å². The monoisotopic (exact) mass is 362 g/mol. The van der Waals surface area contributed by atoms with Crippen LogP contribution in [0.1, 0.15) is 18.4 Å². The van der Waals surface area contributed by atoms with Crippen molar-refractivity contribution in [1.82, 2.24) is 4.90 Å². The smallest absolute Gasteiger partial charge is 0.228 e. The molecule has 0 saturated carbocycles. The van der Waals surface area contributed by atoms with Gasteiger partial charge in [0.2, 0.25) is 5.91 Å². The third-order valence-electron chi connectivity index (χ3n) is 5.28. The van der Waals surface area contributed by atoms with Gasteiger partial charge >= 0.3 is 0 Å². The van der Waals surface area contributed by atoms with Crippen LogP contribution in [0, 0.1) is 11.7 Å². The summed E-state index contributed by atoms with van der Waals surface area (Å²) < 4.78 is 13.9. The summed E-state index contributed by atoms with van der Waals surface area (Å²) in [5, 5.41) is 5.27. The van der Waals surface area contributed by atoms with Crippen LogP contribution in [-0.4, -0.2) is 23.9 Å². The third-order valence-corrected chi connectivity index (χ3v) is 5.28. The van der Waals surface area contributed by atoms with Crippen LogP contribution in [0.4, 0.5) is 10.1 Å². The van der Waals surface area contributed by atoms with E-state index in [9.17, 15) is 9.18 Å². The molecule has 27 heavy (non-hydrogen) atoms. The second kappa shape index (κ2) is 7.89. The van der Waals surface area contributed by atoms with E-state index in [1.54, 1.807) is 6.07 Å². The second-order valence-electron chi connectivity index (χ2n) is 7.18. The van der Waals surface area contributed by atoms with Gasteiger partial charge in [0.15, 0.2) is 0 Å². The number of fused-ring (bicyclic) bond motifs is 1. The summed E-state index contributed by atoms with van der Waals surface area (Å²) in [5.41, 5.74) is 1.54. The van der Waals surface area contributed by atoms with Gasteiger partial charge in [0.1, 0.15) is 5.82 Å². The molecule has 3 nitrogen and oxygen atoms in total. The molecule has 3 aromatic carbocycles. The number of nitrogens with one attached hydrogen (secondary N) is 1. The summed E-state index contributed by atoms with van der Waals surface area (Å²) >= 11 is 0. The lowest BCUT2D eigenvalue weighted by molar-refractivity contribution is -0.121. The Morgan fingerprint density at radius 3 is 2.70 bits per heavy atom. The maximum absolute atomic E-state index is 13.9. The molecule has 1 fully saturated rings. The summed E-state index contributed by atoms with van der Waals surface area (Å²) in [4.78, 5) is 15.0. The van der Waals surface area contributed by atoms with Crippen molar-refractivity contribution in [3.8, 4) is 0 Å². The number of halogens is 1. The van der Waals surface area contributed by atoms with Crippen molar-refractivity contribution >= 4 is 22.4 Å². The van der Waals surface area contributed by atoms with Crippen molar-refractivity contribution in [1.29, 1.82) is 0 Å². The van der Waals surface area contributed by atoms with Crippen molar-refractivity contribution in [2.24, 2.45) is 5.92 Å². The number of hydrogen-bond acceptors (Lipinski definition) is 2. The number of piperidine rings is 1. The van der Waals surface area contributed by atoms with E-state index in [4.69, 9.17) is 0 Å². The minimum atomic E-state index is -0.181. The lowest BCUT2D eigenvalue weighted by atomic mass is 9.96. The van der Waals surface area contributed by atoms with E-state index >= 15 is 0 Å². The summed E-state index contributed by atoms with van der Waals surface area (Å²) in [6.45, 7) is 2.10. The standard InChI is InChI=1S/C23H23FN2O/c24-21-12-4-2-8-18(21)15-26-14-6-10-19(16-26)23(27)25-22-13-5-9-17-7-1-3-11-20(17)22/h1-5,7-9,11-13,19H,6,10,14-16H2,(H,25,27). The Hall–Kier alpha value is -2.72. The van der Waals surface area contributed by atoms with Crippen LogP contribution in [0.15, 0.2) is 66.7 Å². The van der Waals surface area contributed by atoms with E-state index in [2.05, 4.69) is 10.2 Å². The Kier molecular flexibility index (Phi) is 5.16. The van der Waals surface area contributed by atoms with Crippen LogP contribution in [0.2, 0.25) is 0 Å². The predicted octanol–water partition coefficient (Wildman–Crippen LogP) is 4.83. The fraction of sp³-hybridized carbons (Fsp3) is 0.261. The van der Waals surface area contributed by atoms with Crippen molar-refractivity contribution in [3.63, 3.8) is 0 Å². The largest absolute Gasteiger partial charge is 0.325 e. The van der Waals surface area contributed by atoms with Gasteiger partial charge in [-0.15, -0.1) is 0 Å². The summed E-state index contributed by atoms with van der Waals surface area (Å²) in [6, 6.07) is 20.9. The lowest BCUT2D eigenvalue weighted by Gasteiger charge is -2.32. The normalized spacial score (nSPS) is 17.7. The molecule has 1 aliphatic heterocycles. The number of rotatable bonds is 4. The molecule has 1 amide bonds. The molecular formula is C23H23FN2O. The summed E-state index contributed by atoms with van der Waals surface area (Å²) in [5.74, 6) is -0.214. The van der Waals surface area contributed by atoms with Gasteiger partial charge in [0.05, 0.1) is 5.92 Å². The number of nitrogens with zero attached hydrogens (tertiary/aromatic N) is 1. The minimum Gasteiger partial charge on any atom is -0.325 e. The molecule has 0 bridgehead atoms. The molecule has 1 N–H and O–H groups in total. The van der Waals surface area contributed by atoms with Crippen molar-refractivity contribution in [3.05, 3.63) is 78.1 Å². The molecular weight excluding hydrogens is 339 g/mol. The molecule has 0 aliphatic carbocycles. The zero-order chi connectivity index (χ0) is 18.6. The molecule has 1 atom stereocenters. The van der Waals surface area contributed by atoms with Gasteiger partial charge in [0.25, 0.3) is 0 Å². The number of anilines is 1. The van der Waals surface area contributed by atoms with Gasteiger partial charge in [-0.2, -0.15) is 0 Å². The Morgan fingerprint density at radius 1 is 1.04 bits per heavy atom. The molecule has 1 saturated heterocycles. The lowest BCUT2D eigenvalue weighted by Crippen LogP contribution is -2.40. The fourth-order valence-corrected chi connectivity index (χ4v) is 3.85. The maximum Gasteiger partial charge on any atom is 0.228 e. The molecule has 4 heteroatoms. The van der Waals surface area contributed by atoms with Gasteiger partial charge in [-0.3, -0.25) is 9.69 Å². The van der Waals surface area contributed by atoms with E-state index in [1.807, 2.05) is 54.6 Å². The maximum atomic E-state index is 13.9. The number of carbonyl (C=O) groups excluding carboxylic acids is 1. The first-order valence-electron chi connectivity index (χ1n) is 9.45. The third kappa shape index (κ3) is 4.01. The molecule has 4 rings (SSSR count). The molecule has 0 spiro atoms. The molecule has 1 heterocycles. The Bertz CT molecular complexity index is 951. The topological polar surface area (TPSA) is 32.3 Å². The summed E-state index contributed by atoms with van der Waals surface area (Å²) in [7, 11) is 0. The molecule has 3 aromatic rings. The highest BCUT2D eigenvalue weighted by Gasteiger charge is 2.26. The highest BCUT2D eigenvalue weighted by Crippen LogP contribution is 2.25. The van der Waals surface area contributed by atoms with Crippen LogP contribution in [0.5, 0.6) is 0 Å². The van der Waals surface area contributed by atoms with Crippen molar-refractivity contribution in [2.45, 2.75) is 19.4 Å². The molecule has 1 unspecified atom stereocenters. The zero-order valence-electron chi connectivity index (χ0n) is 15.2. The van der Waals surface area contributed by atoms with Gasteiger partial charge in [-0.1, -0.05) is 54.6 Å². The Morgan fingerprint density at radius 2 is 1.81 bits per heavy atom. The first kappa shape index (κ1) is 17.7. The van der Waals surface area contributed by atoms with Gasteiger partial charge in [-0.05, 0) is 36.9 Å². The number of amides is 1. The zero-order valence-corrected chi connectivity index (χ0v) is 15.2. The number of benzene rings is 3. The number of carbonyl (C=O) groups is 1. The van der Waals surface area contributed by atoms with Gasteiger partial charge < -0.3 is 5.32 Å². The van der Waals surface area contributed by atoms with Crippen LogP contribution >= 0.6 is 0 Å². The van der Waals surface area contributed by atoms with Crippen LogP contribution in [0.25, 0.3) is 10.8 Å². The predicted molar refractivity (Wildman–Crippen MR) is 107 cm³/mol. The van der Waals surface area contributed by atoms with Gasteiger partial charge in [-0.25, -0.2) is 4.39 Å². The van der Waals surface area contributed by atoms with E-state index < -0.39 is 0 Å². The van der Waals surface area contributed by atoms with Crippen LogP contribution in [-0.2, 0) is 11.3 Å². The molecule has 138 valence electrons. The first-order chi connectivity index (χ1) is 13.2. The van der Waals surface area contributed by atoms with Crippen molar-refractivity contribution < 1.29 is 9.18 Å². The first-order valence-corrected chi connectivity index (χ1v) is 9.45. The van der Waals surface area contributed by atoms with Gasteiger partial charge in [0, 0.05) is 29.7 Å². The van der Waals surface area contributed by atoms with E-state index in [-0.39, 0.29) is 17.6 Å². The number of hydrogen-bond donors (Lipinski definition) is 1. The highest BCUT2D eigenvalue weighted by molar-refractivity contribution is 6.02. The fourth-order valence-electron chi connectivity index (χ4n) is 3.85. The SMILES string of the molecule is O=C(Nc1cccc2ccccc12)C1CCCN(Cc2ccccc2F)C1. The van der Waals surface area contributed by atoms with Crippen molar-refractivity contribution in [2.75, 3.05) is 18.4 Å². The Balaban J connectivity index is 1.45. The minimum absolute atomic E-state index is 0.0459. The highest BCUT2D eigenvalue weighted by atomic mass is 19.1. The quantitative estimate of drug-likeness (QED) is 0.721. The average Bonchev–Trinajstić information content (AvgIpc) is 2.70. The van der Waals surface area contributed by atoms with Crippen LogP contribution < -0.4 is 5.32 Å².